The SMILES string of the molecule is Cc1cc(C)cc(OCc2nnc(S[C@H](C)C(=O)Nc3ccc(C)cc3C)n2N)c1. The summed E-state index contributed by atoms with van der Waals surface area (Å²) in [6, 6.07) is 11.9. The van der Waals surface area contributed by atoms with Crippen LogP contribution in [0.4, 0.5) is 5.69 Å². The average Bonchev–Trinajstić information content (AvgIpc) is 3.01. The Morgan fingerprint density at radius 3 is 2.47 bits per heavy atom. The fraction of sp³-hybridized carbons (Fsp3) is 0.318. The molecule has 1 amide bonds. The summed E-state index contributed by atoms with van der Waals surface area (Å²) in [5.41, 5.74) is 5.22. The molecule has 8 heteroatoms. The highest BCUT2D eigenvalue weighted by atomic mass is 32.2. The zero-order valence-corrected chi connectivity index (χ0v) is 18.7. The number of nitrogens with one attached hydrogen (secondary N) is 1. The fourth-order valence-corrected chi connectivity index (χ4v) is 3.84. The van der Waals surface area contributed by atoms with Gasteiger partial charge in [-0.1, -0.05) is 35.5 Å². The zero-order valence-electron chi connectivity index (χ0n) is 17.9. The number of benzene rings is 2. The predicted molar refractivity (Wildman–Crippen MR) is 120 cm³/mol. The van der Waals surface area contributed by atoms with E-state index < -0.39 is 5.25 Å². The van der Waals surface area contributed by atoms with Crippen molar-refractivity contribution >= 4 is 23.4 Å². The van der Waals surface area contributed by atoms with Crippen LogP contribution in [-0.2, 0) is 11.4 Å². The summed E-state index contributed by atoms with van der Waals surface area (Å²) in [4.78, 5) is 12.6. The van der Waals surface area contributed by atoms with Crippen molar-refractivity contribution in [3.8, 4) is 5.75 Å². The van der Waals surface area contributed by atoms with Crippen molar-refractivity contribution in [2.45, 2.75) is 51.6 Å². The van der Waals surface area contributed by atoms with Gasteiger partial charge in [-0.25, -0.2) is 4.68 Å². The molecule has 0 unspecified atom stereocenters. The molecular formula is C22H27N5O2S. The maximum atomic E-state index is 12.6. The van der Waals surface area contributed by atoms with Gasteiger partial charge in [0.15, 0.2) is 5.82 Å². The van der Waals surface area contributed by atoms with E-state index in [1.165, 1.54) is 16.4 Å². The first kappa shape index (κ1) is 21.7. The summed E-state index contributed by atoms with van der Waals surface area (Å²) in [6.45, 7) is 10.0. The molecule has 0 saturated carbocycles. The molecular weight excluding hydrogens is 398 g/mol. The van der Waals surface area contributed by atoms with Gasteiger partial charge in [0.2, 0.25) is 11.1 Å². The van der Waals surface area contributed by atoms with E-state index in [1.54, 1.807) is 0 Å². The monoisotopic (exact) mass is 425 g/mol. The van der Waals surface area contributed by atoms with Crippen molar-refractivity contribution in [3.63, 3.8) is 0 Å². The number of amides is 1. The molecule has 3 N–H and O–H groups in total. The minimum absolute atomic E-state index is 0.122. The molecule has 0 aliphatic heterocycles. The molecule has 0 bridgehead atoms. The topological polar surface area (TPSA) is 95.1 Å². The summed E-state index contributed by atoms with van der Waals surface area (Å²) < 4.78 is 7.18. The van der Waals surface area contributed by atoms with Crippen LogP contribution in [-0.4, -0.2) is 26.0 Å². The molecule has 1 atom stereocenters. The molecule has 3 rings (SSSR count). The van der Waals surface area contributed by atoms with Crippen molar-refractivity contribution in [2.24, 2.45) is 0 Å². The standard InChI is InChI=1S/C22H27N5O2S/c1-13-6-7-19(16(4)9-13)24-21(28)17(5)30-22-26-25-20(27(22)23)12-29-18-10-14(2)8-15(3)11-18/h6-11,17H,12,23H2,1-5H3,(H,24,28)/t17-/m1/s1. The second-order valence-corrected chi connectivity index (χ2v) is 8.76. The van der Waals surface area contributed by atoms with Crippen LogP contribution in [0.5, 0.6) is 5.75 Å². The third kappa shape index (κ3) is 5.33. The Balaban J connectivity index is 1.61. The van der Waals surface area contributed by atoms with Gasteiger partial charge < -0.3 is 15.9 Å². The Bertz CT molecular complexity index is 1040. The van der Waals surface area contributed by atoms with E-state index >= 15 is 0 Å². The number of ether oxygens (including phenoxy) is 1. The number of nitrogen functional groups attached to an aromatic ring is 1. The molecule has 1 heterocycles. The molecule has 2 aromatic carbocycles. The maximum Gasteiger partial charge on any atom is 0.237 e. The van der Waals surface area contributed by atoms with E-state index in [-0.39, 0.29) is 12.5 Å². The quantitative estimate of drug-likeness (QED) is 0.440. The highest BCUT2D eigenvalue weighted by Gasteiger charge is 2.20. The van der Waals surface area contributed by atoms with E-state index in [2.05, 4.69) is 21.6 Å². The molecule has 0 aliphatic rings. The lowest BCUT2D eigenvalue weighted by atomic mass is 10.1. The van der Waals surface area contributed by atoms with E-state index in [4.69, 9.17) is 10.6 Å². The van der Waals surface area contributed by atoms with Gasteiger partial charge in [-0.3, -0.25) is 4.79 Å². The largest absolute Gasteiger partial charge is 0.486 e. The number of rotatable bonds is 7. The highest BCUT2D eigenvalue weighted by molar-refractivity contribution is 8.00. The lowest BCUT2D eigenvalue weighted by molar-refractivity contribution is -0.115. The van der Waals surface area contributed by atoms with Gasteiger partial charge in [-0.05, 0) is 69.5 Å². The number of anilines is 1. The first-order chi connectivity index (χ1) is 14.2. The third-order valence-corrected chi connectivity index (χ3v) is 5.65. The number of aromatic nitrogens is 3. The van der Waals surface area contributed by atoms with Gasteiger partial charge in [-0.15, -0.1) is 10.2 Å². The lowest BCUT2D eigenvalue weighted by Crippen LogP contribution is -2.24. The Labute approximate surface area is 181 Å². The number of hydrogen-bond acceptors (Lipinski definition) is 6. The van der Waals surface area contributed by atoms with Gasteiger partial charge in [0.25, 0.3) is 0 Å². The smallest absolute Gasteiger partial charge is 0.237 e. The Morgan fingerprint density at radius 1 is 1.10 bits per heavy atom. The van der Waals surface area contributed by atoms with E-state index in [0.717, 1.165) is 33.7 Å². The maximum absolute atomic E-state index is 12.6. The number of carbonyl (C=O) groups is 1. The molecule has 0 spiro atoms. The van der Waals surface area contributed by atoms with Crippen LogP contribution in [0.1, 0.15) is 35.0 Å². The van der Waals surface area contributed by atoms with Crippen molar-refractivity contribution in [2.75, 3.05) is 11.2 Å². The number of thioether (sulfide) groups is 1. The second kappa shape index (κ2) is 9.21. The van der Waals surface area contributed by atoms with Crippen LogP contribution < -0.4 is 15.9 Å². The summed E-state index contributed by atoms with van der Waals surface area (Å²) in [5.74, 6) is 7.25. The summed E-state index contributed by atoms with van der Waals surface area (Å²) in [7, 11) is 0. The molecule has 7 nitrogen and oxygen atoms in total. The zero-order chi connectivity index (χ0) is 21.8. The number of nitrogens with two attached hydrogens (primary N) is 1. The van der Waals surface area contributed by atoms with Crippen molar-refractivity contribution in [1.29, 1.82) is 0 Å². The molecule has 3 aromatic rings. The molecule has 0 fully saturated rings. The average molecular weight is 426 g/mol. The van der Waals surface area contributed by atoms with Crippen molar-refractivity contribution in [1.82, 2.24) is 14.9 Å². The van der Waals surface area contributed by atoms with Gasteiger partial charge in [0.1, 0.15) is 12.4 Å². The molecule has 0 aliphatic carbocycles. The summed E-state index contributed by atoms with van der Waals surface area (Å²) in [6.07, 6.45) is 0. The number of carbonyl (C=O) groups excluding carboxylic acids is 1. The first-order valence-corrected chi connectivity index (χ1v) is 10.6. The van der Waals surface area contributed by atoms with Crippen molar-refractivity contribution in [3.05, 3.63) is 64.5 Å². The van der Waals surface area contributed by atoms with Crippen LogP contribution in [0.3, 0.4) is 0 Å². The fourth-order valence-electron chi connectivity index (χ4n) is 3.05. The van der Waals surface area contributed by atoms with Crippen LogP contribution in [0.25, 0.3) is 0 Å². The number of nitrogens with zero attached hydrogens (tertiary/aromatic N) is 3. The van der Waals surface area contributed by atoms with Crippen molar-refractivity contribution < 1.29 is 9.53 Å². The minimum atomic E-state index is -0.398. The minimum Gasteiger partial charge on any atom is -0.486 e. The number of hydrogen-bond donors (Lipinski definition) is 2. The van der Waals surface area contributed by atoms with E-state index in [9.17, 15) is 4.79 Å². The van der Waals surface area contributed by atoms with Gasteiger partial charge in [0.05, 0.1) is 5.25 Å². The van der Waals surface area contributed by atoms with Gasteiger partial charge in [0, 0.05) is 5.69 Å². The lowest BCUT2D eigenvalue weighted by Gasteiger charge is -2.13. The normalized spacial score (nSPS) is 11.9. The molecule has 158 valence electrons. The van der Waals surface area contributed by atoms with Crippen LogP contribution in [0.2, 0.25) is 0 Å². The van der Waals surface area contributed by atoms with E-state index in [0.29, 0.717) is 11.0 Å². The second-order valence-electron chi connectivity index (χ2n) is 7.45. The van der Waals surface area contributed by atoms with Crippen LogP contribution in [0.15, 0.2) is 41.6 Å². The van der Waals surface area contributed by atoms with E-state index in [1.807, 2.05) is 65.0 Å². The Morgan fingerprint density at radius 2 is 1.80 bits per heavy atom. The Hall–Kier alpha value is -3.00. The predicted octanol–water partition coefficient (Wildman–Crippen LogP) is 3.92. The Kier molecular flexibility index (Phi) is 6.66. The molecule has 1 aromatic heterocycles. The molecule has 30 heavy (non-hydrogen) atoms. The molecule has 0 radical (unpaired) electrons. The molecule has 0 saturated heterocycles. The van der Waals surface area contributed by atoms with Gasteiger partial charge in [-0.2, -0.15) is 0 Å². The number of aryl methyl sites for hydroxylation is 4. The van der Waals surface area contributed by atoms with Crippen LogP contribution >= 0.6 is 11.8 Å². The van der Waals surface area contributed by atoms with Crippen LogP contribution in [0, 0.1) is 27.7 Å². The first-order valence-electron chi connectivity index (χ1n) is 9.68. The highest BCUT2D eigenvalue weighted by Crippen LogP contribution is 2.24. The summed E-state index contributed by atoms with van der Waals surface area (Å²) >= 11 is 1.25. The van der Waals surface area contributed by atoms with Gasteiger partial charge >= 0.3 is 0 Å². The summed E-state index contributed by atoms with van der Waals surface area (Å²) in [5, 5.41) is 11.2. The third-order valence-electron chi connectivity index (χ3n) is 4.59.